The maximum Gasteiger partial charge on any atom is 0.0615 e. The summed E-state index contributed by atoms with van der Waals surface area (Å²) in [6.45, 7) is 7.71. The zero-order valence-corrected chi connectivity index (χ0v) is 10.5. The molecule has 92 valence electrons. The second-order valence-corrected chi connectivity index (χ2v) is 3.93. The molecule has 2 atom stereocenters. The molecule has 0 bridgehead atoms. The van der Waals surface area contributed by atoms with Gasteiger partial charge in [-0.1, -0.05) is 6.92 Å². The second kappa shape index (κ2) is 9.09. The first kappa shape index (κ1) is 14.8. The van der Waals surface area contributed by atoms with Crippen LogP contribution in [0.4, 0.5) is 0 Å². The highest BCUT2D eigenvalue weighted by Crippen LogP contribution is 2.02. The number of nitrogens with zero attached hydrogens (tertiary/aromatic N) is 1. The summed E-state index contributed by atoms with van der Waals surface area (Å²) >= 11 is 0. The van der Waals surface area contributed by atoms with E-state index in [0.29, 0.717) is 6.04 Å². The lowest BCUT2D eigenvalue weighted by Gasteiger charge is -2.29. The van der Waals surface area contributed by atoms with Gasteiger partial charge in [-0.2, -0.15) is 0 Å². The monoisotopic (exact) mass is 218 g/mol. The predicted molar refractivity (Wildman–Crippen MR) is 63.1 cm³/mol. The highest BCUT2D eigenvalue weighted by Gasteiger charge is 2.14. The molecule has 0 aliphatic carbocycles. The fraction of sp³-hybridized carbons (Fsp3) is 1.00. The van der Waals surface area contributed by atoms with E-state index >= 15 is 0 Å². The second-order valence-electron chi connectivity index (χ2n) is 3.93. The van der Waals surface area contributed by atoms with Crippen molar-refractivity contribution in [2.24, 2.45) is 5.73 Å². The Morgan fingerprint density at radius 1 is 1.27 bits per heavy atom. The molecule has 0 aliphatic heterocycles. The van der Waals surface area contributed by atoms with Crippen LogP contribution in [0, 0.1) is 0 Å². The number of hydrogen-bond acceptors (Lipinski definition) is 4. The summed E-state index contributed by atoms with van der Waals surface area (Å²) in [7, 11) is 3.44. The first-order valence-corrected chi connectivity index (χ1v) is 5.63. The predicted octanol–water partition coefficient (Wildman–Crippen LogP) is 0.707. The first-order valence-electron chi connectivity index (χ1n) is 5.63. The minimum Gasteiger partial charge on any atom is -0.385 e. The SMILES string of the molecule is CCN(CC(N)CCOC)C(C)COC. The zero-order chi connectivity index (χ0) is 11.7. The van der Waals surface area contributed by atoms with Crippen LogP contribution in [-0.4, -0.2) is 57.5 Å². The van der Waals surface area contributed by atoms with E-state index in [1.165, 1.54) is 0 Å². The Kier molecular flexibility index (Phi) is 9.00. The molecule has 4 nitrogen and oxygen atoms in total. The Bertz CT molecular complexity index is 145. The Morgan fingerprint density at radius 2 is 1.93 bits per heavy atom. The average molecular weight is 218 g/mol. The van der Waals surface area contributed by atoms with Crippen LogP contribution < -0.4 is 5.73 Å². The third-order valence-corrected chi connectivity index (χ3v) is 2.60. The lowest BCUT2D eigenvalue weighted by atomic mass is 10.2. The molecule has 0 saturated heterocycles. The maximum absolute atomic E-state index is 6.01. The van der Waals surface area contributed by atoms with E-state index in [4.69, 9.17) is 15.2 Å². The normalized spacial score (nSPS) is 15.6. The van der Waals surface area contributed by atoms with Crippen LogP contribution in [0.1, 0.15) is 20.3 Å². The van der Waals surface area contributed by atoms with Gasteiger partial charge in [0.1, 0.15) is 0 Å². The molecule has 2 N–H and O–H groups in total. The summed E-state index contributed by atoms with van der Waals surface area (Å²) in [5.41, 5.74) is 6.01. The van der Waals surface area contributed by atoms with Crippen molar-refractivity contribution in [2.75, 3.05) is 40.5 Å². The van der Waals surface area contributed by atoms with Crippen LogP contribution in [0.15, 0.2) is 0 Å². The van der Waals surface area contributed by atoms with Crippen LogP contribution in [0.3, 0.4) is 0 Å². The van der Waals surface area contributed by atoms with Gasteiger partial charge in [0.2, 0.25) is 0 Å². The average Bonchev–Trinajstić information content (AvgIpc) is 2.23. The number of nitrogens with two attached hydrogens (primary N) is 1. The third-order valence-electron chi connectivity index (χ3n) is 2.60. The Hall–Kier alpha value is -0.160. The molecule has 0 aromatic carbocycles. The topological polar surface area (TPSA) is 47.7 Å². The van der Waals surface area contributed by atoms with Gasteiger partial charge < -0.3 is 15.2 Å². The molecular weight excluding hydrogens is 192 g/mol. The van der Waals surface area contributed by atoms with Gasteiger partial charge in [0.25, 0.3) is 0 Å². The molecular formula is C11H26N2O2. The Morgan fingerprint density at radius 3 is 2.40 bits per heavy atom. The molecule has 0 rings (SSSR count). The summed E-state index contributed by atoms with van der Waals surface area (Å²) in [5, 5.41) is 0. The molecule has 0 heterocycles. The molecule has 0 spiro atoms. The standard InChI is InChI=1S/C11H26N2O2/c1-5-13(10(2)9-15-4)8-11(12)6-7-14-3/h10-11H,5-9,12H2,1-4H3. The number of hydrogen-bond donors (Lipinski definition) is 1. The van der Waals surface area contributed by atoms with Crippen molar-refractivity contribution in [1.29, 1.82) is 0 Å². The molecule has 0 aliphatic rings. The number of methoxy groups -OCH3 is 2. The molecule has 15 heavy (non-hydrogen) atoms. The largest absolute Gasteiger partial charge is 0.385 e. The fourth-order valence-electron chi connectivity index (χ4n) is 1.63. The molecule has 0 fully saturated rings. The van der Waals surface area contributed by atoms with Crippen LogP contribution in [0.5, 0.6) is 0 Å². The summed E-state index contributed by atoms with van der Waals surface area (Å²) in [6.07, 6.45) is 0.909. The van der Waals surface area contributed by atoms with E-state index in [0.717, 1.165) is 32.7 Å². The summed E-state index contributed by atoms with van der Waals surface area (Å²) in [6, 6.07) is 0.609. The van der Waals surface area contributed by atoms with E-state index < -0.39 is 0 Å². The van der Waals surface area contributed by atoms with Gasteiger partial charge in [-0.25, -0.2) is 0 Å². The van der Waals surface area contributed by atoms with Crippen molar-refractivity contribution in [3.05, 3.63) is 0 Å². The van der Waals surface area contributed by atoms with E-state index in [2.05, 4.69) is 18.7 Å². The van der Waals surface area contributed by atoms with Gasteiger partial charge in [-0.05, 0) is 19.9 Å². The molecule has 0 radical (unpaired) electrons. The van der Waals surface area contributed by atoms with E-state index in [9.17, 15) is 0 Å². The van der Waals surface area contributed by atoms with Gasteiger partial charge in [-0.3, -0.25) is 4.90 Å². The molecule has 0 amide bonds. The Labute approximate surface area is 93.7 Å². The van der Waals surface area contributed by atoms with E-state index in [1.807, 2.05) is 0 Å². The van der Waals surface area contributed by atoms with Crippen LogP contribution >= 0.6 is 0 Å². The van der Waals surface area contributed by atoms with Gasteiger partial charge in [0.15, 0.2) is 0 Å². The van der Waals surface area contributed by atoms with Crippen LogP contribution in [0.25, 0.3) is 0 Å². The summed E-state index contributed by atoms with van der Waals surface area (Å²) in [4.78, 5) is 2.34. The number of rotatable bonds is 9. The maximum atomic E-state index is 6.01. The minimum atomic E-state index is 0.184. The van der Waals surface area contributed by atoms with Crippen molar-refractivity contribution in [2.45, 2.75) is 32.4 Å². The molecule has 2 unspecified atom stereocenters. The molecule has 4 heteroatoms. The van der Waals surface area contributed by atoms with Crippen molar-refractivity contribution in [3.63, 3.8) is 0 Å². The number of likely N-dealkylation sites (N-methyl/N-ethyl adjacent to an activating group) is 1. The minimum absolute atomic E-state index is 0.184. The van der Waals surface area contributed by atoms with Gasteiger partial charge in [-0.15, -0.1) is 0 Å². The molecule has 0 aromatic rings. The highest BCUT2D eigenvalue weighted by molar-refractivity contribution is 4.72. The van der Waals surface area contributed by atoms with Crippen molar-refractivity contribution in [3.8, 4) is 0 Å². The van der Waals surface area contributed by atoms with Crippen LogP contribution in [0.2, 0.25) is 0 Å². The van der Waals surface area contributed by atoms with Gasteiger partial charge >= 0.3 is 0 Å². The van der Waals surface area contributed by atoms with Gasteiger partial charge in [0, 0.05) is 39.5 Å². The molecule has 0 aromatic heterocycles. The van der Waals surface area contributed by atoms with E-state index in [1.54, 1.807) is 14.2 Å². The highest BCUT2D eigenvalue weighted by atomic mass is 16.5. The van der Waals surface area contributed by atoms with Crippen molar-refractivity contribution < 1.29 is 9.47 Å². The van der Waals surface area contributed by atoms with Crippen molar-refractivity contribution >= 4 is 0 Å². The Balaban J connectivity index is 3.85. The lowest BCUT2D eigenvalue weighted by Crippen LogP contribution is -2.44. The van der Waals surface area contributed by atoms with E-state index in [-0.39, 0.29) is 6.04 Å². The summed E-state index contributed by atoms with van der Waals surface area (Å²) < 4.78 is 10.2. The van der Waals surface area contributed by atoms with Crippen molar-refractivity contribution in [1.82, 2.24) is 4.90 Å². The molecule has 0 saturated carbocycles. The van der Waals surface area contributed by atoms with Gasteiger partial charge in [0.05, 0.1) is 6.61 Å². The number of ether oxygens (including phenoxy) is 2. The smallest absolute Gasteiger partial charge is 0.0615 e. The zero-order valence-electron chi connectivity index (χ0n) is 10.5. The lowest BCUT2D eigenvalue weighted by molar-refractivity contribution is 0.0944. The fourth-order valence-corrected chi connectivity index (χ4v) is 1.63. The third kappa shape index (κ3) is 6.84. The first-order chi connectivity index (χ1) is 7.15. The van der Waals surface area contributed by atoms with Crippen LogP contribution in [-0.2, 0) is 9.47 Å². The summed E-state index contributed by atoms with van der Waals surface area (Å²) in [5.74, 6) is 0. The quantitative estimate of drug-likeness (QED) is 0.619.